The molecule has 1 aliphatic rings. The third-order valence-electron chi connectivity index (χ3n) is 4.81. The Kier molecular flexibility index (Phi) is 5.05. The van der Waals surface area contributed by atoms with E-state index in [2.05, 4.69) is 11.4 Å². The standard InChI is InChI=1S/C19H23N3O2/c1-14-17(16(13-20)19(24-14)22-11-5-6-12-22)18(23)21-10-9-15-7-3-2-4-8-15/h5-6,11-12,15H,2-4,7-10H2,1H3,(H,21,23). The van der Waals surface area contributed by atoms with Crippen molar-refractivity contribution in [3.63, 3.8) is 0 Å². The van der Waals surface area contributed by atoms with Crippen LogP contribution < -0.4 is 5.32 Å². The van der Waals surface area contributed by atoms with Gasteiger partial charge in [0, 0.05) is 18.9 Å². The van der Waals surface area contributed by atoms with E-state index in [0.717, 1.165) is 12.3 Å². The Morgan fingerprint density at radius 2 is 2.04 bits per heavy atom. The lowest BCUT2D eigenvalue weighted by Gasteiger charge is -2.21. The van der Waals surface area contributed by atoms with Crippen molar-refractivity contribution in [2.45, 2.75) is 45.4 Å². The van der Waals surface area contributed by atoms with Crippen LogP contribution in [0.15, 0.2) is 28.9 Å². The second-order valence-electron chi connectivity index (χ2n) is 6.46. The SMILES string of the molecule is Cc1oc(-n2cccc2)c(C#N)c1C(=O)NCCC1CCCCC1. The van der Waals surface area contributed by atoms with Gasteiger partial charge in [-0.05, 0) is 31.4 Å². The zero-order chi connectivity index (χ0) is 16.9. The molecule has 1 aliphatic carbocycles. The first-order chi connectivity index (χ1) is 11.7. The molecule has 0 radical (unpaired) electrons. The smallest absolute Gasteiger partial charge is 0.256 e. The van der Waals surface area contributed by atoms with Gasteiger partial charge in [-0.15, -0.1) is 0 Å². The van der Waals surface area contributed by atoms with Crippen LogP contribution in [0.1, 0.15) is 60.2 Å². The molecule has 0 spiro atoms. The molecule has 1 fully saturated rings. The maximum Gasteiger partial charge on any atom is 0.256 e. The minimum atomic E-state index is -0.220. The van der Waals surface area contributed by atoms with E-state index in [0.29, 0.717) is 29.3 Å². The molecular formula is C19H23N3O2. The zero-order valence-electron chi connectivity index (χ0n) is 14.0. The Labute approximate surface area is 142 Å². The second-order valence-corrected chi connectivity index (χ2v) is 6.46. The van der Waals surface area contributed by atoms with Crippen LogP contribution in [0, 0.1) is 24.2 Å². The van der Waals surface area contributed by atoms with Crippen molar-refractivity contribution in [2.75, 3.05) is 6.54 Å². The fourth-order valence-corrected chi connectivity index (χ4v) is 3.51. The van der Waals surface area contributed by atoms with E-state index in [-0.39, 0.29) is 5.91 Å². The average Bonchev–Trinajstić information content (AvgIpc) is 3.22. The van der Waals surface area contributed by atoms with E-state index in [1.807, 2.05) is 12.1 Å². The first-order valence-corrected chi connectivity index (χ1v) is 8.65. The van der Waals surface area contributed by atoms with Crippen LogP contribution in [0.5, 0.6) is 0 Å². The molecule has 24 heavy (non-hydrogen) atoms. The van der Waals surface area contributed by atoms with E-state index in [4.69, 9.17) is 4.42 Å². The minimum Gasteiger partial charge on any atom is -0.443 e. The molecule has 1 amide bonds. The van der Waals surface area contributed by atoms with Gasteiger partial charge in [0.1, 0.15) is 23.0 Å². The molecule has 0 aliphatic heterocycles. The van der Waals surface area contributed by atoms with Gasteiger partial charge in [0.25, 0.3) is 5.91 Å². The monoisotopic (exact) mass is 325 g/mol. The van der Waals surface area contributed by atoms with Gasteiger partial charge in [0.05, 0.1) is 0 Å². The van der Waals surface area contributed by atoms with E-state index < -0.39 is 0 Å². The molecule has 0 unspecified atom stereocenters. The molecule has 2 aromatic heterocycles. The summed E-state index contributed by atoms with van der Waals surface area (Å²) in [6.45, 7) is 2.38. The van der Waals surface area contributed by atoms with Crippen molar-refractivity contribution in [1.29, 1.82) is 5.26 Å². The average molecular weight is 325 g/mol. The van der Waals surface area contributed by atoms with Crippen LogP contribution in [0.2, 0.25) is 0 Å². The van der Waals surface area contributed by atoms with Gasteiger partial charge in [-0.1, -0.05) is 32.1 Å². The van der Waals surface area contributed by atoms with Crippen molar-refractivity contribution in [3.05, 3.63) is 41.4 Å². The molecule has 5 heteroatoms. The summed E-state index contributed by atoms with van der Waals surface area (Å²) in [6.07, 6.45) is 11.1. The van der Waals surface area contributed by atoms with Crippen molar-refractivity contribution in [2.24, 2.45) is 5.92 Å². The van der Waals surface area contributed by atoms with E-state index in [1.54, 1.807) is 23.9 Å². The molecule has 2 aromatic rings. The number of nitrogens with one attached hydrogen (secondary N) is 1. The van der Waals surface area contributed by atoms with Crippen LogP contribution in [0.25, 0.3) is 5.88 Å². The van der Waals surface area contributed by atoms with Crippen LogP contribution in [0.3, 0.4) is 0 Å². The third kappa shape index (κ3) is 3.38. The summed E-state index contributed by atoms with van der Waals surface area (Å²) in [5.41, 5.74) is 0.642. The number of carbonyl (C=O) groups excluding carboxylic acids is 1. The number of aryl methyl sites for hydroxylation is 1. The lowest BCUT2D eigenvalue weighted by atomic mass is 9.87. The Hall–Kier alpha value is -2.48. The first-order valence-electron chi connectivity index (χ1n) is 8.65. The van der Waals surface area contributed by atoms with Gasteiger partial charge in [-0.25, -0.2) is 0 Å². The summed E-state index contributed by atoms with van der Waals surface area (Å²) < 4.78 is 7.39. The van der Waals surface area contributed by atoms with Crippen molar-refractivity contribution >= 4 is 5.91 Å². The largest absolute Gasteiger partial charge is 0.443 e. The molecule has 2 heterocycles. The summed E-state index contributed by atoms with van der Waals surface area (Å²) in [7, 11) is 0. The third-order valence-corrected chi connectivity index (χ3v) is 4.81. The predicted octanol–water partition coefficient (Wildman–Crippen LogP) is 3.95. The van der Waals surface area contributed by atoms with Crippen LogP contribution in [-0.2, 0) is 0 Å². The maximum absolute atomic E-state index is 12.5. The number of nitriles is 1. The normalized spacial score (nSPS) is 15.2. The number of nitrogens with zero attached hydrogens (tertiary/aromatic N) is 2. The summed E-state index contributed by atoms with van der Waals surface area (Å²) in [5.74, 6) is 1.38. The van der Waals surface area contributed by atoms with Crippen LogP contribution in [0.4, 0.5) is 0 Å². The summed E-state index contributed by atoms with van der Waals surface area (Å²) >= 11 is 0. The Morgan fingerprint density at radius 3 is 2.71 bits per heavy atom. The number of carbonyl (C=O) groups is 1. The maximum atomic E-state index is 12.5. The lowest BCUT2D eigenvalue weighted by Crippen LogP contribution is -2.27. The van der Waals surface area contributed by atoms with Crippen molar-refractivity contribution in [1.82, 2.24) is 9.88 Å². The highest BCUT2D eigenvalue weighted by molar-refractivity contribution is 5.98. The van der Waals surface area contributed by atoms with Gasteiger partial charge in [-0.3, -0.25) is 9.36 Å². The van der Waals surface area contributed by atoms with Crippen LogP contribution >= 0.6 is 0 Å². The van der Waals surface area contributed by atoms with Gasteiger partial charge in [-0.2, -0.15) is 5.26 Å². The number of hydrogen-bond acceptors (Lipinski definition) is 3. The molecule has 0 atom stereocenters. The van der Waals surface area contributed by atoms with Crippen molar-refractivity contribution in [3.8, 4) is 12.0 Å². The van der Waals surface area contributed by atoms with Gasteiger partial charge < -0.3 is 9.73 Å². The topological polar surface area (TPSA) is 71.0 Å². The summed E-state index contributed by atoms with van der Waals surface area (Å²) in [4.78, 5) is 12.5. The highest BCUT2D eigenvalue weighted by Crippen LogP contribution is 2.27. The Morgan fingerprint density at radius 1 is 1.33 bits per heavy atom. The van der Waals surface area contributed by atoms with E-state index in [9.17, 15) is 10.1 Å². The van der Waals surface area contributed by atoms with Gasteiger partial charge in [0.15, 0.2) is 0 Å². The lowest BCUT2D eigenvalue weighted by molar-refractivity contribution is 0.0948. The summed E-state index contributed by atoms with van der Waals surface area (Å²) in [5, 5.41) is 12.4. The number of furan rings is 1. The molecule has 5 nitrogen and oxygen atoms in total. The van der Waals surface area contributed by atoms with Gasteiger partial charge >= 0.3 is 0 Å². The zero-order valence-corrected chi connectivity index (χ0v) is 14.0. The quantitative estimate of drug-likeness (QED) is 0.904. The highest BCUT2D eigenvalue weighted by Gasteiger charge is 2.24. The fraction of sp³-hybridized carbons (Fsp3) is 0.474. The number of amides is 1. The second kappa shape index (κ2) is 7.39. The van der Waals surface area contributed by atoms with Gasteiger partial charge in [0.2, 0.25) is 5.88 Å². The summed E-state index contributed by atoms with van der Waals surface area (Å²) in [6, 6.07) is 5.82. The molecule has 0 saturated heterocycles. The first kappa shape index (κ1) is 16.4. The Balaban J connectivity index is 1.69. The minimum absolute atomic E-state index is 0.220. The van der Waals surface area contributed by atoms with E-state index in [1.165, 1.54) is 32.1 Å². The molecule has 126 valence electrons. The molecular weight excluding hydrogens is 302 g/mol. The highest BCUT2D eigenvalue weighted by atomic mass is 16.4. The molecule has 0 aromatic carbocycles. The number of rotatable bonds is 5. The number of hydrogen-bond donors (Lipinski definition) is 1. The molecule has 0 bridgehead atoms. The van der Waals surface area contributed by atoms with Crippen LogP contribution in [-0.4, -0.2) is 17.0 Å². The predicted molar refractivity (Wildman–Crippen MR) is 91.0 cm³/mol. The van der Waals surface area contributed by atoms with Crippen molar-refractivity contribution < 1.29 is 9.21 Å². The van der Waals surface area contributed by atoms with E-state index >= 15 is 0 Å². The molecule has 3 rings (SSSR count). The molecule has 1 N–H and O–H groups in total. The Bertz CT molecular complexity index is 731. The molecule has 1 saturated carbocycles. The fourth-order valence-electron chi connectivity index (χ4n) is 3.51. The number of aromatic nitrogens is 1.